The highest BCUT2D eigenvalue weighted by Crippen LogP contribution is 2.19. The van der Waals surface area contributed by atoms with Gasteiger partial charge in [0.05, 0.1) is 0 Å². The first-order valence-electron chi connectivity index (χ1n) is 3.34. The number of halogens is 1. The van der Waals surface area contributed by atoms with Gasteiger partial charge in [-0.3, -0.25) is 0 Å². The minimum absolute atomic E-state index is 0.593. The van der Waals surface area contributed by atoms with Crippen LogP contribution < -0.4 is 0 Å². The van der Waals surface area contributed by atoms with Crippen LogP contribution >= 0.6 is 11.6 Å². The van der Waals surface area contributed by atoms with Crippen LogP contribution in [0, 0.1) is 12.3 Å². The Hall–Kier alpha value is -0.930. The lowest BCUT2D eigenvalue weighted by Crippen LogP contribution is -1.85. The molecule has 0 bridgehead atoms. The lowest BCUT2D eigenvalue weighted by Gasteiger charge is -2.02. The van der Waals surface area contributed by atoms with Crippen molar-refractivity contribution in [1.82, 2.24) is 0 Å². The van der Waals surface area contributed by atoms with Crippen LogP contribution in [0.3, 0.4) is 0 Å². The molecule has 58 valence electrons. The van der Waals surface area contributed by atoms with E-state index in [9.17, 15) is 0 Å². The molecule has 0 aliphatic rings. The molecule has 0 N–H and O–H groups in total. The molecule has 0 fully saturated rings. The number of terminal acetylenes is 1. The molecule has 1 heteroatoms. The molecule has 0 aromatic rings. The molecular weight excluding hydrogens is 156 g/mol. The van der Waals surface area contributed by atoms with Crippen molar-refractivity contribution in [1.29, 1.82) is 0 Å². The molecule has 0 rings (SSSR count). The van der Waals surface area contributed by atoms with E-state index in [-0.39, 0.29) is 0 Å². The van der Waals surface area contributed by atoms with E-state index in [0.717, 1.165) is 12.0 Å². The Morgan fingerprint density at radius 1 is 1.73 bits per heavy atom. The molecule has 0 radical (unpaired) electrons. The summed E-state index contributed by atoms with van der Waals surface area (Å²) in [5.41, 5.74) is 1.53. The Morgan fingerprint density at radius 3 is 2.55 bits per heavy atom. The third-order valence-electron chi connectivity index (χ3n) is 1.36. The molecule has 0 spiro atoms. The summed E-state index contributed by atoms with van der Waals surface area (Å²) in [6.45, 7) is 9.21. The van der Waals surface area contributed by atoms with Crippen LogP contribution in [0.1, 0.15) is 13.3 Å². The number of hydrogen-bond donors (Lipinski definition) is 0. The van der Waals surface area contributed by atoms with Gasteiger partial charge < -0.3 is 0 Å². The zero-order valence-corrected chi connectivity index (χ0v) is 7.41. The Labute approximate surface area is 73.3 Å². The first-order valence-corrected chi connectivity index (χ1v) is 3.72. The lowest BCUT2D eigenvalue weighted by atomic mass is 10.1. The van der Waals surface area contributed by atoms with Gasteiger partial charge in [-0.1, -0.05) is 43.7 Å². The van der Waals surface area contributed by atoms with Crippen LogP contribution in [-0.2, 0) is 0 Å². The van der Waals surface area contributed by atoms with Gasteiger partial charge in [0.25, 0.3) is 0 Å². The molecule has 0 heterocycles. The van der Waals surface area contributed by atoms with Crippen molar-refractivity contribution < 1.29 is 0 Å². The van der Waals surface area contributed by atoms with Gasteiger partial charge in [0.1, 0.15) is 0 Å². The summed E-state index contributed by atoms with van der Waals surface area (Å²) in [5.74, 6) is 2.45. The maximum absolute atomic E-state index is 5.81. The minimum atomic E-state index is 0.593. The highest BCUT2D eigenvalue weighted by Gasteiger charge is 2.00. The van der Waals surface area contributed by atoms with Gasteiger partial charge in [-0.25, -0.2) is 0 Å². The highest BCUT2D eigenvalue weighted by molar-refractivity contribution is 6.31. The van der Waals surface area contributed by atoms with Crippen molar-refractivity contribution in [3.63, 3.8) is 0 Å². The third kappa shape index (κ3) is 2.65. The van der Waals surface area contributed by atoms with Gasteiger partial charge in [0.15, 0.2) is 0 Å². The van der Waals surface area contributed by atoms with E-state index in [4.69, 9.17) is 18.0 Å². The van der Waals surface area contributed by atoms with E-state index in [1.54, 1.807) is 6.08 Å². The fourth-order valence-corrected chi connectivity index (χ4v) is 0.984. The van der Waals surface area contributed by atoms with Crippen LogP contribution in [0.25, 0.3) is 0 Å². The van der Waals surface area contributed by atoms with E-state index in [2.05, 4.69) is 19.1 Å². The van der Waals surface area contributed by atoms with Crippen LogP contribution in [-0.4, -0.2) is 0 Å². The predicted molar refractivity (Wildman–Crippen MR) is 51.3 cm³/mol. The molecule has 0 aromatic heterocycles. The average Bonchev–Trinajstić information content (AvgIpc) is 2.05. The maximum Gasteiger partial charge on any atom is 0.0444 e. The summed E-state index contributed by atoms with van der Waals surface area (Å²) >= 11 is 5.81. The molecule has 11 heavy (non-hydrogen) atoms. The van der Waals surface area contributed by atoms with Gasteiger partial charge in [-0.05, 0) is 12.0 Å². The number of hydrogen-bond acceptors (Lipinski definition) is 0. The summed E-state index contributed by atoms with van der Waals surface area (Å²) in [6, 6.07) is 0. The van der Waals surface area contributed by atoms with Crippen LogP contribution in [0.2, 0.25) is 0 Å². The highest BCUT2D eigenvalue weighted by atomic mass is 35.5. The summed E-state index contributed by atoms with van der Waals surface area (Å²) in [4.78, 5) is 0. The van der Waals surface area contributed by atoms with Gasteiger partial charge in [0.2, 0.25) is 0 Å². The average molecular weight is 167 g/mol. The first kappa shape index (κ1) is 10.1. The molecule has 0 aliphatic carbocycles. The molecule has 0 nitrogen and oxygen atoms in total. The topological polar surface area (TPSA) is 0 Å². The van der Waals surface area contributed by atoms with Gasteiger partial charge in [-0.2, -0.15) is 0 Å². The monoisotopic (exact) mass is 166 g/mol. The SMILES string of the molecule is C#CC(=C)/C(CC)=C(/Cl)C=C. The molecule has 0 unspecified atom stereocenters. The van der Waals surface area contributed by atoms with Gasteiger partial charge in [-0.15, -0.1) is 6.42 Å². The zero-order valence-electron chi connectivity index (χ0n) is 6.65. The van der Waals surface area contributed by atoms with Crippen LogP contribution in [0.5, 0.6) is 0 Å². The lowest BCUT2D eigenvalue weighted by molar-refractivity contribution is 1.13. The van der Waals surface area contributed by atoms with E-state index in [1.807, 2.05) is 6.92 Å². The largest absolute Gasteiger partial charge is 0.115 e. The first-order chi connectivity index (χ1) is 5.17. The second-order valence-corrected chi connectivity index (χ2v) is 2.41. The van der Waals surface area contributed by atoms with Crippen LogP contribution in [0.15, 0.2) is 35.4 Å². The molecular formula is C10H11Cl. The smallest absolute Gasteiger partial charge is 0.0444 e. The van der Waals surface area contributed by atoms with Crippen molar-refractivity contribution in [3.05, 3.63) is 35.4 Å². The minimum Gasteiger partial charge on any atom is -0.115 e. The fraction of sp³-hybridized carbons (Fsp3) is 0.200. The Kier molecular flexibility index (Phi) is 4.41. The van der Waals surface area contributed by atoms with E-state index < -0.39 is 0 Å². The zero-order chi connectivity index (χ0) is 8.85. The molecule has 0 saturated heterocycles. The predicted octanol–water partition coefficient (Wildman–Crippen LogP) is 3.26. The van der Waals surface area contributed by atoms with Crippen molar-refractivity contribution in [2.45, 2.75) is 13.3 Å². The third-order valence-corrected chi connectivity index (χ3v) is 1.74. The quantitative estimate of drug-likeness (QED) is 0.446. The fourth-order valence-electron chi connectivity index (χ4n) is 0.737. The molecule has 0 saturated carbocycles. The molecule has 0 amide bonds. The van der Waals surface area contributed by atoms with Gasteiger partial charge >= 0.3 is 0 Å². The molecule has 0 aliphatic heterocycles. The Balaban J connectivity index is 4.83. The Bertz CT molecular complexity index is 238. The van der Waals surface area contributed by atoms with E-state index in [1.165, 1.54) is 0 Å². The van der Waals surface area contributed by atoms with Crippen molar-refractivity contribution in [2.75, 3.05) is 0 Å². The summed E-state index contributed by atoms with van der Waals surface area (Å²) in [5, 5.41) is 0.593. The molecule has 0 aromatic carbocycles. The summed E-state index contributed by atoms with van der Waals surface area (Å²) in [6.07, 6.45) is 7.52. The second-order valence-electron chi connectivity index (χ2n) is 2.01. The Morgan fingerprint density at radius 2 is 2.27 bits per heavy atom. The summed E-state index contributed by atoms with van der Waals surface area (Å²) < 4.78 is 0. The normalized spacial score (nSPS) is 11.4. The van der Waals surface area contributed by atoms with E-state index in [0.29, 0.717) is 10.6 Å². The van der Waals surface area contributed by atoms with Crippen LogP contribution in [0.4, 0.5) is 0 Å². The maximum atomic E-state index is 5.81. The molecule has 0 atom stereocenters. The number of rotatable bonds is 3. The van der Waals surface area contributed by atoms with E-state index >= 15 is 0 Å². The number of allylic oxidation sites excluding steroid dienone is 4. The van der Waals surface area contributed by atoms with Crippen molar-refractivity contribution >= 4 is 11.6 Å². The van der Waals surface area contributed by atoms with Crippen molar-refractivity contribution in [3.8, 4) is 12.3 Å². The second kappa shape index (κ2) is 4.82. The van der Waals surface area contributed by atoms with Crippen molar-refractivity contribution in [2.24, 2.45) is 0 Å². The van der Waals surface area contributed by atoms with Gasteiger partial charge in [0, 0.05) is 10.6 Å². The standard InChI is InChI=1S/C10H11Cl/c1-5-8(4)9(6-2)10(11)7-3/h1,7H,3-4,6H2,2H3/b10-9+. The summed E-state index contributed by atoms with van der Waals surface area (Å²) in [7, 11) is 0.